The van der Waals surface area contributed by atoms with Gasteiger partial charge in [0.05, 0.1) is 6.10 Å². The van der Waals surface area contributed by atoms with Crippen LogP contribution in [-0.2, 0) is 0 Å². The molecule has 0 amide bonds. The van der Waals surface area contributed by atoms with Crippen LogP contribution in [0.5, 0.6) is 5.75 Å². The molecule has 2 aliphatic rings. The second-order valence-electron chi connectivity index (χ2n) is 10.7. The highest BCUT2D eigenvalue weighted by Gasteiger charge is 2.30. The van der Waals surface area contributed by atoms with Gasteiger partial charge >= 0.3 is 0 Å². The van der Waals surface area contributed by atoms with Crippen molar-refractivity contribution in [3.63, 3.8) is 0 Å². The van der Waals surface area contributed by atoms with Gasteiger partial charge in [-0.25, -0.2) is 4.39 Å². The highest BCUT2D eigenvalue weighted by molar-refractivity contribution is 5.69. The molecule has 3 heteroatoms. The Balaban J connectivity index is 1.43. The molecule has 2 aliphatic carbocycles. The van der Waals surface area contributed by atoms with E-state index in [4.69, 9.17) is 4.74 Å². The van der Waals surface area contributed by atoms with Crippen molar-refractivity contribution < 1.29 is 9.13 Å². The molecule has 0 bridgehead atoms. The van der Waals surface area contributed by atoms with Crippen molar-refractivity contribution in [1.29, 1.82) is 0 Å². The summed E-state index contributed by atoms with van der Waals surface area (Å²) < 4.78 is 21.0. The number of anilines is 1. The minimum Gasteiger partial charge on any atom is -0.487 e. The normalized spacial score (nSPS) is 22.5. The number of benzene rings is 2. The summed E-state index contributed by atoms with van der Waals surface area (Å²) in [5.74, 6) is 0.862. The quantitative estimate of drug-likeness (QED) is 0.485. The van der Waals surface area contributed by atoms with Crippen LogP contribution in [-0.4, -0.2) is 19.2 Å². The largest absolute Gasteiger partial charge is 0.487 e. The SMILES string of the molecule is CN(c1cccc(-c2ccc(OC3CCC(C(C)(C)C)CC3)c(F)c2)c1)C1CCCC1. The van der Waals surface area contributed by atoms with Gasteiger partial charge in [0.15, 0.2) is 11.6 Å². The number of nitrogens with zero attached hydrogens (tertiary/aromatic N) is 1. The van der Waals surface area contributed by atoms with E-state index in [1.165, 1.54) is 31.4 Å². The van der Waals surface area contributed by atoms with Crippen molar-refractivity contribution >= 4 is 5.69 Å². The van der Waals surface area contributed by atoms with Gasteiger partial charge in [-0.1, -0.05) is 51.8 Å². The van der Waals surface area contributed by atoms with E-state index < -0.39 is 0 Å². The second-order valence-corrected chi connectivity index (χ2v) is 10.7. The van der Waals surface area contributed by atoms with Crippen molar-refractivity contribution in [2.75, 3.05) is 11.9 Å². The molecule has 0 spiro atoms. The Kier molecular flexibility index (Phi) is 6.60. The molecule has 0 unspecified atom stereocenters. The molecule has 0 aromatic heterocycles. The Morgan fingerprint density at radius 3 is 2.19 bits per heavy atom. The van der Waals surface area contributed by atoms with Gasteiger partial charge in [-0.05, 0) is 85.3 Å². The maximum Gasteiger partial charge on any atom is 0.165 e. The lowest BCUT2D eigenvalue weighted by Crippen LogP contribution is -2.30. The maximum atomic E-state index is 14.9. The standard InChI is InChI=1S/C28H38FNO/c1-28(2,3)22-13-15-25(16-14-22)31-27-17-12-21(19-26(27)29)20-8-7-11-24(18-20)30(4)23-9-5-6-10-23/h7-8,11-12,17-19,22-23,25H,5-6,9-10,13-16H2,1-4H3. The van der Waals surface area contributed by atoms with Crippen LogP contribution in [0.2, 0.25) is 0 Å². The molecule has 0 heterocycles. The van der Waals surface area contributed by atoms with Crippen molar-refractivity contribution in [3.8, 4) is 16.9 Å². The Labute approximate surface area is 187 Å². The van der Waals surface area contributed by atoms with E-state index in [0.717, 1.165) is 42.7 Å². The lowest BCUT2D eigenvalue weighted by molar-refractivity contribution is 0.0854. The third kappa shape index (κ3) is 5.25. The van der Waals surface area contributed by atoms with E-state index >= 15 is 0 Å². The summed E-state index contributed by atoms with van der Waals surface area (Å²) in [6.07, 6.45) is 9.64. The zero-order chi connectivity index (χ0) is 22.0. The molecule has 2 saturated carbocycles. The van der Waals surface area contributed by atoms with Crippen molar-refractivity contribution in [2.45, 2.75) is 84.3 Å². The van der Waals surface area contributed by atoms with E-state index in [2.05, 4.69) is 57.0 Å². The zero-order valence-electron chi connectivity index (χ0n) is 19.7. The molecule has 2 fully saturated rings. The van der Waals surface area contributed by atoms with Gasteiger partial charge in [-0.2, -0.15) is 0 Å². The summed E-state index contributed by atoms with van der Waals surface area (Å²) in [6, 6.07) is 14.5. The lowest BCUT2D eigenvalue weighted by Gasteiger charge is -2.37. The molecule has 0 atom stereocenters. The first-order chi connectivity index (χ1) is 14.8. The monoisotopic (exact) mass is 423 g/mol. The summed E-state index contributed by atoms with van der Waals surface area (Å²) >= 11 is 0. The predicted octanol–water partition coefficient (Wildman–Crippen LogP) is 7.86. The van der Waals surface area contributed by atoms with Gasteiger partial charge in [-0.15, -0.1) is 0 Å². The van der Waals surface area contributed by atoms with Gasteiger partial charge < -0.3 is 9.64 Å². The Morgan fingerprint density at radius 2 is 1.55 bits per heavy atom. The summed E-state index contributed by atoms with van der Waals surface area (Å²) in [5.41, 5.74) is 3.51. The Bertz CT molecular complexity index is 873. The van der Waals surface area contributed by atoms with Crippen LogP contribution in [0.25, 0.3) is 11.1 Å². The number of ether oxygens (including phenoxy) is 1. The summed E-state index contributed by atoms with van der Waals surface area (Å²) in [6.45, 7) is 6.95. The fraction of sp³-hybridized carbons (Fsp3) is 0.571. The second kappa shape index (κ2) is 9.22. The maximum absolute atomic E-state index is 14.9. The van der Waals surface area contributed by atoms with E-state index in [0.29, 0.717) is 17.2 Å². The van der Waals surface area contributed by atoms with Crippen LogP contribution in [0, 0.1) is 17.2 Å². The predicted molar refractivity (Wildman–Crippen MR) is 128 cm³/mol. The van der Waals surface area contributed by atoms with Crippen LogP contribution in [0.3, 0.4) is 0 Å². The highest BCUT2D eigenvalue weighted by atomic mass is 19.1. The zero-order valence-corrected chi connectivity index (χ0v) is 19.7. The molecule has 0 N–H and O–H groups in total. The molecule has 0 saturated heterocycles. The van der Waals surface area contributed by atoms with E-state index in [1.807, 2.05) is 12.1 Å². The summed E-state index contributed by atoms with van der Waals surface area (Å²) in [5, 5.41) is 0. The fourth-order valence-electron chi connectivity index (χ4n) is 5.41. The van der Waals surface area contributed by atoms with Crippen LogP contribution >= 0.6 is 0 Å². The number of hydrogen-bond donors (Lipinski definition) is 0. The smallest absolute Gasteiger partial charge is 0.165 e. The van der Waals surface area contributed by atoms with Crippen molar-refractivity contribution in [3.05, 3.63) is 48.3 Å². The van der Waals surface area contributed by atoms with Crippen molar-refractivity contribution in [2.24, 2.45) is 11.3 Å². The van der Waals surface area contributed by atoms with E-state index in [9.17, 15) is 4.39 Å². The number of rotatable bonds is 5. The molecular formula is C28H38FNO. The molecule has 4 rings (SSSR count). The fourth-order valence-corrected chi connectivity index (χ4v) is 5.41. The lowest BCUT2D eigenvalue weighted by atomic mass is 9.72. The molecular weight excluding hydrogens is 385 g/mol. The van der Waals surface area contributed by atoms with Crippen LogP contribution < -0.4 is 9.64 Å². The third-order valence-corrected chi connectivity index (χ3v) is 7.58. The highest BCUT2D eigenvalue weighted by Crippen LogP contribution is 2.39. The van der Waals surface area contributed by atoms with Crippen LogP contribution in [0.1, 0.15) is 72.1 Å². The van der Waals surface area contributed by atoms with Gasteiger partial charge in [-0.3, -0.25) is 0 Å². The summed E-state index contributed by atoms with van der Waals surface area (Å²) in [4.78, 5) is 2.39. The van der Waals surface area contributed by atoms with Gasteiger partial charge in [0, 0.05) is 18.8 Å². The molecule has 2 nitrogen and oxygen atoms in total. The number of hydrogen-bond acceptors (Lipinski definition) is 2. The van der Waals surface area contributed by atoms with E-state index in [-0.39, 0.29) is 11.9 Å². The van der Waals surface area contributed by atoms with Gasteiger partial charge in [0.2, 0.25) is 0 Å². The number of halogens is 1. The first-order valence-electron chi connectivity index (χ1n) is 12.1. The topological polar surface area (TPSA) is 12.5 Å². The molecule has 168 valence electrons. The average molecular weight is 424 g/mol. The minimum atomic E-state index is -0.259. The molecule has 31 heavy (non-hydrogen) atoms. The van der Waals surface area contributed by atoms with E-state index in [1.54, 1.807) is 6.07 Å². The molecule has 2 aromatic carbocycles. The first-order valence-corrected chi connectivity index (χ1v) is 12.1. The minimum absolute atomic E-state index is 0.127. The molecule has 0 aliphatic heterocycles. The van der Waals surface area contributed by atoms with Crippen LogP contribution in [0.4, 0.5) is 10.1 Å². The van der Waals surface area contributed by atoms with Gasteiger partial charge in [0.1, 0.15) is 0 Å². The Morgan fingerprint density at radius 1 is 0.871 bits per heavy atom. The third-order valence-electron chi connectivity index (χ3n) is 7.58. The van der Waals surface area contributed by atoms with Crippen molar-refractivity contribution in [1.82, 2.24) is 0 Å². The first kappa shape index (κ1) is 22.2. The molecule has 2 aromatic rings. The molecule has 0 radical (unpaired) electrons. The van der Waals surface area contributed by atoms with Crippen LogP contribution in [0.15, 0.2) is 42.5 Å². The Hall–Kier alpha value is -2.03. The summed E-state index contributed by atoms with van der Waals surface area (Å²) in [7, 11) is 2.18. The average Bonchev–Trinajstić information content (AvgIpc) is 3.29. The van der Waals surface area contributed by atoms with Gasteiger partial charge in [0.25, 0.3) is 0 Å².